The second-order valence-corrected chi connectivity index (χ2v) is 10.2. The van der Waals surface area contributed by atoms with Gasteiger partial charge >= 0.3 is 0 Å². The Labute approximate surface area is 238 Å². The molecule has 0 spiro atoms. The zero-order chi connectivity index (χ0) is 27.0. The van der Waals surface area contributed by atoms with Crippen LogP contribution in [-0.2, 0) is 12.8 Å². The van der Waals surface area contributed by atoms with E-state index in [1.54, 1.807) is 0 Å². The van der Waals surface area contributed by atoms with Crippen LogP contribution in [0.2, 0.25) is 0 Å². The lowest BCUT2D eigenvalue weighted by Gasteiger charge is -2.25. The highest BCUT2D eigenvalue weighted by Crippen LogP contribution is 2.34. The highest BCUT2D eigenvalue weighted by atomic mass is 15.1. The predicted molar refractivity (Wildman–Crippen MR) is 173 cm³/mol. The fraction of sp³-hybridized carbons (Fsp3) is 0.0526. The summed E-state index contributed by atoms with van der Waals surface area (Å²) in [5.41, 5.74) is 10.2. The van der Waals surface area contributed by atoms with E-state index in [2.05, 4.69) is 175 Å². The van der Waals surface area contributed by atoms with Crippen LogP contribution in [0, 0.1) is 0 Å². The van der Waals surface area contributed by atoms with Gasteiger partial charge in [-0.25, -0.2) is 0 Å². The Balaban J connectivity index is 1.17. The molecule has 0 aromatic heterocycles. The van der Waals surface area contributed by atoms with Gasteiger partial charge in [-0.3, -0.25) is 0 Å². The van der Waals surface area contributed by atoms with Gasteiger partial charge in [0.25, 0.3) is 0 Å². The second-order valence-electron chi connectivity index (χ2n) is 10.2. The minimum atomic E-state index is 0.237. The first-order valence-corrected chi connectivity index (χ1v) is 14.0. The van der Waals surface area contributed by atoms with Gasteiger partial charge in [0.05, 0.1) is 0 Å². The van der Waals surface area contributed by atoms with Crippen molar-refractivity contribution in [3.63, 3.8) is 0 Å². The SMILES string of the molecule is c1ccc(B(c2ccccc2)c2ccc(CCc3ccc(N(c4ccccc4)c4ccccc4)cc3)cc2)cc1. The summed E-state index contributed by atoms with van der Waals surface area (Å²) in [5, 5.41) is 0. The topological polar surface area (TPSA) is 3.24 Å². The molecule has 6 aromatic rings. The van der Waals surface area contributed by atoms with Crippen molar-refractivity contribution in [3.05, 3.63) is 181 Å². The number of rotatable bonds is 9. The highest BCUT2D eigenvalue weighted by Gasteiger charge is 2.21. The third kappa shape index (κ3) is 5.92. The Morgan fingerprint density at radius 2 is 0.650 bits per heavy atom. The maximum absolute atomic E-state index is 2.31. The zero-order valence-corrected chi connectivity index (χ0v) is 22.6. The van der Waals surface area contributed by atoms with Crippen LogP contribution in [0.15, 0.2) is 170 Å². The van der Waals surface area contributed by atoms with Gasteiger partial charge in [0.15, 0.2) is 0 Å². The summed E-state index contributed by atoms with van der Waals surface area (Å²) in [5.74, 6) is 0. The maximum atomic E-state index is 2.31. The monoisotopic (exact) mass is 513 g/mol. The van der Waals surface area contributed by atoms with E-state index >= 15 is 0 Å². The van der Waals surface area contributed by atoms with Crippen LogP contribution in [0.25, 0.3) is 0 Å². The van der Waals surface area contributed by atoms with Gasteiger partial charge < -0.3 is 4.90 Å². The van der Waals surface area contributed by atoms with Gasteiger partial charge in [-0.2, -0.15) is 0 Å². The summed E-state index contributed by atoms with van der Waals surface area (Å²) < 4.78 is 0. The lowest BCUT2D eigenvalue weighted by Crippen LogP contribution is -2.51. The number of hydrogen-bond donors (Lipinski definition) is 0. The van der Waals surface area contributed by atoms with Crippen LogP contribution >= 0.6 is 0 Å². The molecule has 0 fully saturated rings. The average molecular weight is 513 g/mol. The molecule has 0 radical (unpaired) electrons. The van der Waals surface area contributed by atoms with Gasteiger partial charge in [-0.1, -0.05) is 150 Å². The Bertz CT molecular complexity index is 1390. The van der Waals surface area contributed by atoms with Crippen molar-refractivity contribution in [1.29, 1.82) is 0 Å². The normalized spacial score (nSPS) is 10.7. The molecule has 6 rings (SSSR count). The standard InChI is InChI=1S/C38H32BN/c1-5-13-33(14-6-1)39(34-15-7-2-8-16-34)35-27-23-31(24-28-35)21-22-32-25-29-38(30-26-32)40(36-17-9-3-10-18-36)37-19-11-4-12-20-37/h1-20,23-30H,21-22H2. The summed E-state index contributed by atoms with van der Waals surface area (Å²) in [6.07, 6.45) is 2.03. The van der Waals surface area contributed by atoms with E-state index in [-0.39, 0.29) is 6.71 Å². The van der Waals surface area contributed by atoms with Crippen molar-refractivity contribution >= 4 is 40.2 Å². The van der Waals surface area contributed by atoms with Crippen LogP contribution in [0.1, 0.15) is 11.1 Å². The van der Waals surface area contributed by atoms with E-state index in [0.717, 1.165) is 24.2 Å². The minimum absolute atomic E-state index is 0.237. The number of benzene rings is 6. The third-order valence-electron chi connectivity index (χ3n) is 7.50. The molecule has 6 aromatic carbocycles. The quantitative estimate of drug-likeness (QED) is 0.182. The van der Waals surface area contributed by atoms with Gasteiger partial charge in [-0.15, -0.1) is 0 Å². The summed E-state index contributed by atoms with van der Waals surface area (Å²) in [7, 11) is 0. The maximum Gasteiger partial charge on any atom is 0.241 e. The van der Waals surface area contributed by atoms with E-state index in [1.165, 1.54) is 33.2 Å². The largest absolute Gasteiger partial charge is 0.311 e. The first-order valence-electron chi connectivity index (χ1n) is 14.0. The van der Waals surface area contributed by atoms with Crippen molar-refractivity contribution in [2.24, 2.45) is 0 Å². The molecule has 192 valence electrons. The summed E-state index contributed by atoms with van der Waals surface area (Å²) in [6.45, 7) is 0.237. The van der Waals surface area contributed by atoms with Gasteiger partial charge in [0.1, 0.15) is 0 Å². The molecule has 1 nitrogen and oxygen atoms in total. The van der Waals surface area contributed by atoms with E-state index in [1.807, 2.05) is 0 Å². The van der Waals surface area contributed by atoms with Gasteiger partial charge in [0, 0.05) is 17.1 Å². The van der Waals surface area contributed by atoms with E-state index < -0.39 is 0 Å². The molecule has 0 aliphatic carbocycles. The fourth-order valence-electron chi connectivity index (χ4n) is 5.45. The molecule has 0 aliphatic rings. The van der Waals surface area contributed by atoms with E-state index in [9.17, 15) is 0 Å². The van der Waals surface area contributed by atoms with Crippen LogP contribution < -0.4 is 21.3 Å². The Kier molecular flexibility index (Phi) is 7.87. The zero-order valence-electron chi connectivity index (χ0n) is 22.6. The average Bonchev–Trinajstić information content (AvgIpc) is 3.04. The number of aryl methyl sites for hydroxylation is 2. The van der Waals surface area contributed by atoms with Crippen molar-refractivity contribution in [3.8, 4) is 0 Å². The second kappa shape index (κ2) is 12.4. The first-order chi connectivity index (χ1) is 19.8. The smallest absolute Gasteiger partial charge is 0.241 e. The van der Waals surface area contributed by atoms with Crippen molar-refractivity contribution in [2.75, 3.05) is 4.90 Å². The molecule has 0 bridgehead atoms. The summed E-state index contributed by atoms with van der Waals surface area (Å²) in [4.78, 5) is 2.30. The van der Waals surface area contributed by atoms with E-state index in [4.69, 9.17) is 0 Å². The number of anilines is 3. The molecule has 0 saturated carbocycles. The summed E-state index contributed by atoms with van der Waals surface area (Å²) in [6, 6.07) is 60.9. The lowest BCUT2D eigenvalue weighted by atomic mass is 9.37. The molecule has 40 heavy (non-hydrogen) atoms. The molecule has 0 atom stereocenters. The Morgan fingerprint density at radius 3 is 1.07 bits per heavy atom. The number of nitrogens with zero attached hydrogens (tertiary/aromatic N) is 1. The fourth-order valence-corrected chi connectivity index (χ4v) is 5.45. The molecule has 2 heteroatoms. The number of hydrogen-bond acceptors (Lipinski definition) is 1. The van der Waals surface area contributed by atoms with Crippen LogP contribution in [-0.4, -0.2) is 6.71 Å². The molecule has 0 amide bonds. The Morgan fingerprint density at radius 1 is 0.325 bits per heavy atom. The van der Waals surface area contributed by atoms with Crippen LogP contribution in [0.5, 0.6) is 0 Å². The van der Waals surface area contributed by atoms with E-state index in [0.29, 0.717) is 0 Å². The van der Waals surface area contributed by atoms with Gasteiger partial charge in [-0.05, 0) is 60.4 Å². The van der Waals surface area contributed by atoms with Crippen LogP contribution in [0.3, 0.4) is 0 Å². The Hall–Kier alpha value is -4.82. The first kappa shape index (κ1) is 25.5. The predicted octanol–water partition coefficient (Wildman–Crippen LogP) is 7.46. The molecule has 0 unspecified atom stereocenters. The van der Waals surface area contributed by atoms with Gasteiger partial charge in [0.2, 0.25) is 6.71 Å². The molecule has 0 saturated heterocycles. The molecule has 0 aliphatic heterocycles. The van der Waals surface area contributed by atoms with Crippen molar-refractivity contribution in [1.82, 2.24) is 0 Å². The molecule has 0 heterocycles. The molecular weight excluding hydrogens is 481 g/mol. The van der Waals surface area contributed by atoms with Crippen LogP contribution in [0.4, 0.5) is 17.1 Å². The van der Waals surface area contributed by atoms with Crippen molar-refractivity contribution in [2.45, 2.75) is 12.8 Å². The molecule has 0 N–H and O–H groups in total. The lowest BCUT2D eigenvalue weighted by molar-refractivity contribution is 0.960. The minimum Gasteiger partial charge on any atom is -0.311 e. The highest BCUT2D eigenvalue weighted by molar-refractivity contribution is 6.95. The summed E-state index contributed by atoms with van der Waals surface area (Å²) >= 11 is 0. The number of para-hydroxylation sites is 2. The van der Waals surface area contributed by atoms with Crippen molar-refractivity contribution < 1.29 is 0 Å². The third-order valence-corrected chi connectivity index (χ3v) is 7.50. The molecular formula is C38H32BN.